The monoisotopic (exact) mass is 414 g/mol. The molecule has 1 aromatic heterocycles. The zero-order chi connectivity index (χ0) is 19.5. The second-order valence-electron chi connectivity index (χ2n) is 7.16. The number of carbonyl (C=O) groups is 1. The first-order chi connectivity index (χ1) is 13.6. The molecular formula is C22H23ClN2O2S. The molecule has 1 saturated heterocycles. The van der Waals surface area contributed by atoms with Gasteiger partial charge in [0.15, 0.2) is 0 Å². The maximum Gasteiger partial charge on any atom is 0.263 e. The molecule has 3 aromatic rings. The Morgan fingerprint density at radius 3 is 2.89 bits per heavy atom. The van der Waals surface area contributed by atoms with Gasteiger partial charge in [0.25, 0.3) is 5.91 Å². The zero-order valence-electron chi connectivity index (χ0n) is 15.8. The van der Waals surface area contributed by atoms with Gasteiger partial charge in [-0.25, -0.2) is 0 Å². The number of halogens is 1. The topological polar surface area (TPSA) is 41.6 Å². The molecule has 0 bridgehead atoms. The Kier molecular flexibility index (Phi) is 5.97. The number of nitrogens with zero attached hydrogens (tertiary/aromatic N) is 1. The number of morpholine rings is 1. The van der Waals surface area contributed by atoms with E-state index in [4.69, 9.17) is 16.3 Å². The summed E-state index contributed by atoms with van der Waals surface area (Å²) in [4.78, 5) is 15.6. The molecule has 1 amide bonds. The van der Waals surface area contributed by atoms with E-state index < -0.39 is 0 Å². The lowest BCUT2D eigenvalue weighted by Gasteiger charge is -2.31. The Morgan fingerprint density at radius 1 is 1.25 bits per heavy atom. The van der Waals surface area contributed by atoms with Crippen LogP contribution in [-0.2, 0) is 17.8 Å². The molecule has 1 N–H and O–H groups in total. The van der Waals surface area contributed by atoms with Gasteiger partial charge < -0.3 is 10.1 Å². The summed E-state index contributed by atoms with van der Waals surface area (Å²) >= 11 is 7.84. The van der Waals surface area contributed by atoms with Crippen LogP contribution in [0.3, 0.4) is 0 Å². The number of carbonyl (C=O) groups excluding carboxylic acids is 1. The van der Waals surface area contributed by atoms with E-state index >= 15 is 0 Å². The highest BCUT2D eigenvalue weighted by Gasteiger charge is 2.18. The Morgan fingerprint density at radius 2 is 2.07 bits per heavy atom. The Bertz CT molecular complexity index is 988. The Labute approximate surface area is 174 Å². The van der Waals surface area contributed by atoms with E-state index in [2.05, 4.69) is 29.3 Å². The molecule has 146 valence electrons. The molecular weight excluding hydrogens is 392 g/mol. The SMILES string of the molecule is CC1CN(Cc2cccc(CNC(=O)c3sc4ccccc4c3Cl)c2)CCO1. The van der Waals surface area contributed by atoms with Gasteiger partial charge in [-0.1, -0.05) is 54.1 Å². The summed E-state index contributed by atoms with van der Waals surface area (Å²) < 4.78 is 6.64. The van der Waals surface area contributed by atoms with Crippen LogP contribution in [-0.4, -0.2) is 36.6 Å². The van der Waals surface area contributed by atoms with E-state index in [0.29, 0.717) is 16.4 Å². The van der Waals surface area contributed by atoms with Crippen molar-refractivity contribution >= 4 is 38.9 Å². The Hall–Kier alpha value is -1.92. The molecule has 4 rings (SSSR count). The van der Waals surface area contributed by atoms with Crippen molar-refractivity contribution in [2.24, 2.45) is 0 Å². The second kappa shape index (κ2) is 8.62. The number of benzene rings is 2. The van der Waals surface area contributed by atoms with Crippen molar-refractivity contribution in [1.29, 1.82) is 0 Å². The lowest BCUT2D eigenvalue weighted by atomic mass is 10.1. The molecule has 1 aliphatic rings. The van der Waals surface area contributed by atoms with Gasteiger partial charge in [0.05, 0.1) is 17.7 Å². The van der Waals surface area contributed by atoms with E-state index in [9.17, 15) is 4.79 Å². The van der Waals surface area contributed by atoms with E-state index in [1.165, 1.54) is 16.9 Å². The predicted molar refractivity (Wildman–Crippen MR) is 115 cm³/mol. The van der Waals surface area contributed by atoms with E-state index in [-0.39, 0.29) is 12.0 Å². The highest BCUT2D eigenvalue weighted by Crippen LogP contribution is 2.35. The van der Waals surface area contributed by atoms with Crippen molar-refractivity contribution in [3.05, 3.63) is 69.6 Å². The average molecular weight is 415 g/mol. The molecule has 1 unspecified atom stereocenters. The van der Waals surface area contributed by atoms with Gasteiger partial charge in [0.2, 0.25) is 0 Å². The smallest absolute Gasteiger partial charge is 0.263 e. The van der Waals surface area contributed by atoms with Crippen LogP contribution >= 0.6 is 22.9 Å². The number of fused-ring (bicyclic) bond motifs is 1. The first-order valence-corrected chi connectivity index (χ1v) is 10.7. The fraction of sp³-hybridized carbons (Fsp3) is 0.318. The largest absolute Gasteiger partial charge is 0.376 e. The highest BCUT2D eigenvalue weighted by atomic mass is 35.5. The average Bonchev–Trinajstić information content (AvgIpc) is 3.04. The van der Waals surface area contributed by atoms with Gasteiger partial charge in [-0.3, -0.25) is 9.69 Å². The third-order valence-corrected chi connectivity index (χ3v) is 6.59. The molecule has 28 heavy (non-hydrogen) atoms. The number of rotatable bonds is 5. The summed E-state index contributed by atoms with van der Waals surface area (Å²) in [5.74, 6) is -0.126. The molecule has 1 atom stereocenters. The first kappa shape index (κ1) is 19.4. The van der Waals surface area contributed by atoms with Crippen molar-refractivity contribution in [2.45, 2.75) is 26.1 Å². The third kappa shape index (κ3) is 4.39. The molecule has 4 nitrogen and oxygen atoms in total. The van der Waals surface area contributed by atoms with Crippen molar-refractivity contribution < 1.29 is 9.53 Å². The van der Waals surface area contributed by atoms with Crippen LogP contribution in [0, 0.1) is 0 Å². The summed E-state index contributed by atoms with van der Waals surface area (Å²) in [6.45, 7) is 6.18. The van der Waals surface area contributed by atoms with Gasteiger partial charge in [0, 0.05) is 36.3 Å². The van der Waals surface area contributed by atoms with Crippen LogP contribution in [0.25, 0.3) is 10.1 Å². The van der Waals surface area contributed by atoms with E-state index in [0.717, 1.165) is 41.9 Å². The maximum atomic E-state index is 12.6. The number of nitrogens with one attached hydrogen (secondary N) is 1. The highest BCUT2D eigenvalue weighted by molar-refractivity contribution is 7.21. The molecule has 0 saturated carbocycles. The first-order valence-electron chi connectivity index (χ1n) is 9.47. The molecule has 0 radical (unpaired) electrons. The molecule has 6 heteroatoms. The lowest BCUT2D eigenvalue weighted by Crippen LogP contribution is -2.40. The molecule has 1 fully saturated rings. The Balaban J connectivity index is 1.40. The van der Waals surface area contributed by atoms with Crippen LogP contribution in [0.15, 0.2) is 48.5 Å². The normalized spacial score (nSPS) is 17.7. The number of thiophene rings is 1. The lowest BCUT2D eigenvalue weighted by molar-refractivity contribution is -0.0212. The molecule has 2 aromatic carbocycles. The van der Waals surface area contributed by atoms with Gasteiger partial charge in [-0.15, -0.1) is 11.3 Å². The number of hydrogen-bond acceptors (Lipinski definition) is 4. The fourth-order valence-corrected chi connectivity index (χ4v) is 4.99. The number of hydrogen-bond donors (Lipinski definition) is 1. The van der Waals surface area contributed by atoms with Crippen molar-refractivity contribution in [1.82, 2.24) is 10.2 Å². The minimum Gasteiger partial charge on any atom is -0.376 e. The number of amides is 1. The summed E-state index contributed by atoms with van der Waals surface area (Å²) in [6, 6.07) is 16.2. The summed E-state index contributed by atoms with van der Waals surface area (Å²) in [6.07, 6.45) is 0.280. The number of ether oxygens (including phenoxy) is 1. The summed E-state index contributed by atoms with van der Waals surface area (Å²) in [5.41, 5.74) is 2.34. The van der Waals surface area contributed by atoms with Crippen LogP contribution < -0.4 is 5.32 Å². The fourth-order valence-electron chi connectivity index (χ4n) is 3.55. The van der Waals surface area contributed by atoms with Crippen LogP contribution in [0.4, 0.5) is 0 Å². The quantitative estimate of drug-likeness (QED) is 0.657. The standard InChI is InChI=1S/C22H23ClN2O2S/c1-15-13-25(9-10-27-15)14-17-6-4-5-16(11-17)12-24-22(26)21-20(23)18-7-2-3-8-19(18)28-21/h2-8,11,15H,9-10,12-14H2,1H3,(H,24,26). The third-order valence-electron chi connectivity index (χ3n) is 4.92. The van der Waals surface area contributed by atoms with Crippen molar-refractivity contribution in [3.63, 3.8) is 0 Å². The van der Waals surface area contributed by atoms with Gasteiger partial charge >= 0.3 is 0 Å². The minimum atomic E-state index is -0.126. The van der Waals surface area contributed by atoms with Crippen molar-refractivity contribution in [2.75, 3.05) is 19.7 Å². The van der Waals surface area contributed by atoms with Crippen LogP contribution in [0.5, 0.6) is 0 Å². The predicted octanol–water partition coefficient (Wildman–Crippen LogP) is 4.71. The van der Waals surface area contributed by atoms with Gasteiger partial charge in [-0.2, -0.15) is 0 Å². The second-order valence-corrected chi connectivity index (χ2v) is 8.59. The van der Waals surface area contributed by atoms with Gasteiger partial charge in [0.1, 0.15) is 4.88 Å². The zero-order valence-corrected chi connectivity index (χ0v) is 17.4. The minimum absolute atomic E-state index is 0.126. The van der Waals surface area contributed by atoms with E-state index in [1.54, 1.807) is 0 Å². The maximum absolute atomic E-state index is 12.6. The summed E-state index contributed by atoms with van der Waals surface area (Å²) in [7, 11) is 0. The summed E-state index contributed by atoms with van der Waals surface area (Å²) in [5, 5.41) is 4.48. The van der Waals surface area contributed by atoms with Crippen molar-refractivity contribution in [3.8, 4) is 0 Å². The molecule has 0 aliphatic carbocycles. The van der Waals surface area contributed by atoms with Crippen LogP contribution in [0.1, 0.15) is 27.7 Å². The van der Waals surface area contributed by atoms with Gasteiger partial charge in [-0.05, 0) is 24.1 Å². The molecule has 1 aliphatic heterocycles. The van der Waals surface area contributed by atoms with Crippen LogP contribution in [0.2, 0.25) is 5.02 Å². The molecule has 0 spiro atoms. The van der Waals surface area contributed by atoms with E-state index in [1.807, 2.05) is 36.4 Å². The molecule has 2 heterocycles.